The Morgan fingerprint density at radius 2 is 1.38 bits per heavy atom. The van der Waals surface area contributed by atoms with E-state index < -0.39 is 46.3 Å². The molecule has 0 unspecified atom stereocenters. The molecular formula is C28H20F6N8. The molecule has 1 aliphatic rings. The van der Waals surface area contributed by atoms with Crippen molar-refractivity contribution in [3.05, 3.63) is 89.9 Å². The van der Waals surface area contributed by atoms with Gasteiger partial charge in [0.05, 0.1) is 29.0 Å². The summed E-state index contributed by atoms with van der Waals surface area (Å²) >= 11 is 0. The van der Waals surface area contributed by atoms with Gasteiger partial charge in [0.1, 0.15) is 34.6 Å². The van der Waals surface area contributed by atoms with Gasteiger partial charge in [-0.25, -0.2) is 41.3 Å². The van der Waals surface area contributed by atoms with Gasteiger partial charge >= 0.3 is 0 Å². The summed E-state index contributed by atoms with van der Waals surface area (Å²) in [4.78, 5) is 19.5. The van der Waals surface area contributed by atoms with Crippen molar-refractivity contribution in [1.82, 2.24) is 25.3 Å². The molecule has 1 aliphatic heterocycles. The number of pyridine rings is 2. The molecule has 5 aromatic rings. The summed E-state index contributed by atoms with van der Waals surface area (Å²) in [5, 5.41) is 8.70. The van der Waals surface area contributed by atoms with Crippen LogP contribution in [0.2, 0.25) is 0 Å². The summed E-state index contributed by atoms with van der Waals surface area (Å²) in [7, 11) is 0. The lowest BCUT2D eigenvalue weighted by molar-refractivity contribution is 0.499. The van der Waals surface area contributed by atoms with Crippen LogP contribution in [0.25, 0.3) is 22.3 Å². The molecule has 1 saturated heterocycles. The molecule has 0 atom stereocenters. The van der Waals surface area contributed by atoms with Crippen LogP contribution in [0.3, 0.4) is 0 Å². The standard InChI is InChI=1S/C28H20F6N8/c29-15-1-3-17(31)25(23(15)33)38-19-12-36-13-20-22(19)28(42-9-7-35-8-10-42)41-27(39-20)14-5-6-37-21(11-14)40-26-18(32)4-2-16(30)24(26)34/h1-6,11-13,35,38H,7-10H2,(H,37,40). The van der Waals surface area contributed by atoms with E-state index in [1.165, 1.54) is 24.7 Å². The van der Waals surface area contributed by atoms with Gasteiger partial charge in [-0.1, -0.05) is 0 Å². The average molecular weight is 583 g/mol. The number of benzene rings is 2. The number of nitrogens with one attached hydrogen (secondary N) is 3. The molecule has 2 aromatic carbocycles. The lowest BCUT2D eigenvalue weighted by Gasteiger charge is -2.30. The van der Waals surface area contributed by atoms with Gasteiger partial charge in [0.25, 0.3) is 0 Å². The molecule has 0 spiro atoms. The first-order chi connectivity index (χ1) is 20.3. The zero-order chi connectivity index (χ0) is 29.4. The molecule has 8 nitrogen and oxygen atoms in total. The van der Waals surface area contributed by atoms with Crippen molar-refractivity contribution in [3.63, 3.8) is 0 Å². The van der Waals surface area contributed by atoms with Crippen molar-refractivity contribution >= 4 is 39.6 Å². The Labute approximate surface area is 234 Å². The average Bonchev–Trinajstić information content (AvgIpc) is 3.01. The largest absolute Gasteiger partial charge is 0.353 e. The highest BCUT2D eigenvalue weighted by atomic mass is 19.2. The Morgan fingerprint density at radius 1 is 0.738 bits per heavy atom. The molecule has 214 valence electrons. The lowest BCUT2D eigenvalue weighted by atomic mass is 10.1. The fourth-order valence-electron chi connectivity index (χ4n) is 4.58. The van der Waals surface area contributed by atoms with Crippen LogP contribution in [-0.2, 0) is 0 Å². The van der Waals surface area contributed by atoms with Crippen LogP contribution in [-0.4, -0.2) is 46.1 Å². The van der Waals surface area contributed by atoms with Crippen LogP contribution in [0.5, 0.6) is 0 Å². The van der Waals surface area contributed by atoms with Crippen molar-refractivity contribution in [2.45, 2.75) is 0 Å². The SMILES string of the molecule is Fc1ccc(F)c(Nc2cc(-c3nc(N4CCNCC4)c4c(Nc5c(F)ccc(F)c5F)cncc4n3)ccn2)c1F. The minimum atomic E-state index is -1.40. The predicted octanol–water partition coefficient (Wildman–Crippen LogP) is 5.82. The highest BCUT2D eigenvalue weighted by Gasteiger charge is 2.23. The number of hydrogen-bond donors (Lipinski definition) is 3. The van der Waals surface area contributed by atoms with E-state index in [0.29, 0.717) is 60.6 Å². The Balaban J connectivity index is 1.46. The summed E-state index contributed by atoms with van der Waals surface area (Å²) in [6.07, 6.45) is 4.13. The Kier molecular flexibility index (Phi) is 7.20. The summed E-state index contributed by atoms with van der Waals surface area (Å²) in [5.74, 6) is -6.68. The number of nitrogens with zero attached hydrogens (tertiary/aromatic N) is 5. The van der Waals surface area contributed by atoms with E-state index in [4.69, 9.17) is 4.98 Å². The molecule has 0 aliphatic carbocycles. The first-order valence-electron chi connectivity index (χ1n) is 12.7. The number of anilines is 5. The number of aromatic nitrogens is 4. The summed E-state index contributed by atoms with van der Waals surface area (Å²) in [6, 6.07) is 5.96. The van der Waals surface area contributed by atoms with E-state index in [1.807, 2.05) is 4.90 Å². The van der Waals surface area contributed by atoms with Crippen LogP contribution in [0.1, 0.15) is 0 Å². The smallest absolute Gasteiger partial charge is 0.185 e. The molecular weight excluding hydrogens is 562 g/mol. The third kappa shape index (κ3) is 5.11. The summed E-state index contributed by atoms with van der Waals surface area (Å²) in [6.45, 7) is 2.35. The number of halogens is 6. The topological polar surface area (TPSA) is 90.9 Å². The minimum Gasteiger partial charge on any atom is -0.353 e. The summed E-state index contributed by atoms with van der Waals surface area (Å²) in [5.41, 5.74) is -0.573. The predicted molar refractivity (Wildman–Crippen MR) is 145 cm³/mol. The second-order valence-electron chi connectivity index (χ2n) is 9.31. The quantitative estimate of drug-likeness (QED) is 0.171. The third-order valence-corrected chi connectivity index (χ3v) is 6.62. The minimum absolute atomic E-state index is 0.00563. The normalized spacial score (nSPS) is 13.4. The van der Waals surface area contributed by atoms with E-state index in [1.54, 1.807) is 6.07 Å². The first-order valence-corrected chi connectivity index (χ1v) is 12.7. The van der Waals surface area contributed by atoms with Crippen LogP contribution in [0.15, 0.2) is 55.0 Å². The van der Waals surface area contributed by atoms with Gasteiger partial charge in [0.2, 0.25) is 0 Å². The van der Waals surface area contributed by atoms with Crippen molar-refractivity contribution in [2.24, 2.45) is 0 Å². The van der Waals surface area contributed by atoms with Crippen LogP contribution in [0, 0.1) is 34.9 Å². The zero-order valence-corrected chi connectivity index (χ0v) is 21.5. The molecule has 42 heavy (non-hydrogen) atoms. The van der Waals surface area contributed by atoms with Crippen molar-refractivity contribution < 1.29 is 26.3 Å². The van der Waals surface area contributed by atoms with Crippen LogP contribution in [0.4, 0.5) is 55.0 Å². The van der Waals surface area contributed by atoms with E-state index >= 15 is 0 Å². The molecule has 4 heterocycles. The molecule has 0 bridgehead atoms. The van der Waals surface area contributed by atoms with Gasteiger partial charge in [-0.15, -0.1) is 0 Å². The molecule has 0 amide bonds. The lowest BCUT2D eigenvalue weighted by Crippen LogP contribution is -2.44. The van der Waals surface area contributed by atoms with Gasteiger partial charge < -0.3 is 20.9 Å². The van der Waals surface area contributed by atoms with Crippen LogP contribution < -0.4 is 20.9 Å². The summed E-state index contributed by atoms with van der Waals surface area (Å²) < 4.78 is 85.1. The van der Waals surface area contributed by atoms with Crippen molar-refractivity contribution in [2.75, 3.05) is 41.7 Å². The van der Waals surface area contributed by atoms with Gasteiger partial charge in [-0.2, -0.15) is 0 Å². The number of fused-ring (bicyclic) bond motifs is 1. The second kappa shape index (κ2) is 11.1. The number of piperazine rings is 1. The molecule has 14 heteroatoms. The van der Waals surface area contributed by atoms with E-state index in [9.17, 15) is 26.3 Å². The number of hydrogen-bond acceptors (Lipinski definition) is 8. The van der Waals surface area contributed by atoms with Gasteiger partial charge in [0.15, 0.2) is 29.1 Å². The van der Waals surface area contributed by atoms with Crippen molar-refractivity contribution in [3.8, 4) is 11.4 Å². The fourth-order valence-corrected chi connectivity index (χ4v) is 4.58. The van der Waals surface area contributed by atoms with E-state index in [2.05, 4.69) is 30.9 Å². The maximum absolute atomic E-state index is 14.5. The third-order valence-electron chi connectivity index (χ3n) is 6.62. The first kappa shape index (κ1) is 27.2. The maximum Gasteiger partial charge on any atom is 0.185 e. The fraction of sp³-hybridized carbons (Fsp3) is 0.143. The number of rotatable bonds is 6. The van der Waals surface area contributed by atoms with E-state index in [-0.39, 0.29) is 17.3 Å². The van der Waals surface area contributed by atoms with E-state index in [0.717, 1.165) is 12.1 Å². The Hall–Kier alpha value is -4.98. The molecule has 1 fully saturated rings. The Bertz CT molecular complexity index is 1810. The maximum atomic E-state index is 14.5. The molecule has 0 radical (unpaired) electrons. The Morgan fingerprint density at radius 3 is 2.07 bits per heavy atom. The highest BCUT2D eigenvalue weighted by Crippen LogP contribution is 2.36. The van der Waals surface area contributed by atoms with Gasteiger partial charge in [0, 0.05) is 37.9 Å². The molecule has 0 saturated carbocycles. The molecule has 3 aromatic heterocycles. The monoisotopic (exact) mass is 582 g/mol. The van der Waals surface area contributed by atoms with Crippen molar-refractivity contribution in [1.29, 1.82) is 0 Å². The second-order valence-corrected chi connectivity index (χ2v) is 9.31. The van der Waals surface area contributed by atoms with Gasteiger partial charge in [-0.3, -0.25) is 4.98 Å². The van der Waals surface area contributed by atoms with Crippen LogP contribution >= 0.6 is 0 Å². The molecule has 6 rings (SSSR count). The van der Waals surface area contributed by atoms with Gasteiger partial charge in [-0.05, 0) is 36.4 Å². The molecule has 3 N–H and O–H groups in total. The zero-order valence-electron chi connectivity index (χ0n) is 21.5. The highest BCUT2D eigenvalue weighted by molar-refractivity contribution is 6.01.